The monoisotopic (exact) mass is 524 g/mol. The molecule has 0 radical (unpaired) electrons. The minimum Gasteiger partial charge on any atom is -0.481 e. The third kappa shape index (κ3) is 2.89. The minimum atomic E-state index is -1.74. The van der Waals surface area contributed by atoms with Crippen molar-refractivity contribution in [2.45, 2.75) is 81.1 Å². The molecular weight excluding hydrogens is 492 g/mol. The van der Waals surface area contributed by atoms with E-state index in [9.17, 15) is 45.0 Å². The van der Waals surface area contributed by atoms with Crippen LogP contribution >= 0.6 is 0 Å². The number of fused-ring (bicyclic) bond motifs is 1. The Bertz CT molecular complexity index is 1070. The molecule has 4 saturated carbocycles. The molecule has 1 spiro atoms. The number of Topliss-reactive ketones (excluding diaryl/α,β-unsaturated/α-hetero) is 1. The molecule has 0 aromatic heterocycles. The smallest absolute Gasteiger partial charge is 0.315 e. The SMILES string of the molecule is C=C1C[C@@]23C[C@@H]1C(=O)C[C@H]2[C@@]12C[C@H](O[C@H]4O[C@H](CO)[C@@H](O)[C@H](O)[C@H]4O)[C@H](O)[C@@](C)(C(=O)O1)[C@@H]2[C@H]3C(=O)O. The van der Waals surface area contributed by atoms with Gasteiger partial charge in [-0.15, -0.1) is 0 Å². The molecule has 37 heavy (non-hydrogen) atoms. The van der Waals surface area contributed by atoms with E-state index in [2.05, 4.69) is 6.58 Å². The number of hydrogen-bond acceptors (Lipinski definition) is 11. The number of aliphatic hydroxyl groups is 5. The van der Waals surface area contributed by atoms with E-state index in [-0.39, 0.29) is 18.6 Å². The van der Waals surface area contributed by atoms with Gasteiger partial charge in [0, 0.05) is 30.6 Å². The van der Waals surface area contributed by atoms with E-state index in [1.165, 1.54) is 6.92 Å². The van der Waals surface area contributed by atoms with Gasteiger partial charge in [0.25, 0.3) is 0 Å². The Morgan fingerprint density at radius 3 is 2.49 bits per heavy atom. The number of carboxylic acid groups (broad SMARTS) is 1. The molecule has 4 bridgehead atoms. The first-order valence-corrected chi connectivity index (χ1v) is 12.6. The fourth-order valence-electron chi connectivity index (χ4n) is 8.93. The summed E-state index contributed by atoms with van der Waals surface area (Å²) in [6, 6.07) is 0. The Morgan fingerprint density at radius 1 is 1.14 bits per heavy atom. The lowest BCUT2D eigenvalue weighted by molar-refractivity contribution is -0.326. The summed E-state index contributed by atoms with van der Waals surface area (Å²) in [5.74, 6) is -5.05. The van der Waals surface area contributed by atoms with Crippen molar-refractivity contribution in [2.24, 2.45) is 34.5 Å². The number of carbonyl (C=O) groups is 3. The molecule has 2 saturated heterocycles. The van der Waals surface area contributed by atoms with Crippen molar-refractivity contribution < 1.29 is 59.2 Å². The molecule has 0 aromatic carbocycles. The van der Waals surface area contributed by atoms with E-state index in [0.29, 0.717) is 18.4 Å². The van der Waals surface area contributed by atoms with Gasteiger partial charge in [0.15, 0.2) is 6.29 Å². The summed E-state index contributed by atoms with van der Waals surface area (Å²) in [6.07, 6.45) is -10.2. The third-order valence-electron chi connectivity index (χ3n) is 10.5. The lowest BCUT2D eigenvalue weighted by Gasteiger charge is -2.49. The van der Waals surface area contributed by atoms with E-state index in [1.54, 1.807) is 0 Å². The van der Waals surface area contributed by atoms with Gasteiger partial charge >= 0.3 is 11.9 Å². The van der Waals surface area contributed by atoms with Crippen molar-refractivity contribution in [3.63, 3.8) is 0 Å². The fraction of sp³-hybridized carbons (Fsp3) is 0.800. The number of esters is 1. The molecule has 6 fully saturated rings. The lowest BCUT2D eigenvalue weighted by Crippen LogP contribution is -2.63. The molecule has 0 aromatic rings. The lowest BCUT2D eigenvalue weighted by atomic mass is 9.58. The van der Waals surface area contributed by atoms with Gasteiger partial charge in [0.1, 0.15) is 41.2 Å². The fourth-order valence-corrected chi connectivity index (χ4v) is 8.93. The standard InChI is InChI=1S/C25H32O12/c1-8-4-24-5-9(8)10(27)3-13(24)25-6-11(35-21-17(30)16(29)15(28)12(7-26)36-21)19(31)23(2,22(34)37-25)18(25)14(24)20(32)33/h9,11-19,21,26,28-31H,1,3-7H2,2H3,(H,32,33)/t9-,11-,12+,13+,14-,15+,16-,17+,18-,19-,21-,23-,24+,25+/m0/s1. The molecule has 6 aliphatic rings. The largest absolute Gasteiger partial charge is 0.481 e. The molecule has 12 heteroatoms. The highest BCUT2D eigenvalue weighted by atomic mass is 16.7. The molecule has 204 valence electrons. The Morgan fingerprint density at radius 2 is 1.84 bits per heavy atom. The third-order valence-corrected chi connectivity index (χ3v) is 10.5. The maximum atomic E-state index is 13.4. The van der Waals surface area contributed by atoms with Gasteiger partial charge in [0.05, 0.1) is 24.7 Å². The van der Waals surface area contributed by atoms with E-state index in [0.717, 1.165) is 0 Å². The second-order valence-electron chi connectivity index (χ2n) is 12.0. The molecule has 4 aliphatic carbocycles. The van der Waals surface area contributed by atoms with Crippen LogP contribution < -0.4 is 0 Å². The second-order valence-corrected chi connectivity index (χ2v) is 12.0. The zero-order valence-electron chi connectivity index (χ0n) is 20.2. The second kappa shape index (κ2) is 7.81. The topological polar surface area (TPSA) is 200 Å². The van der Waals surface area contributed by atoms with Gasteiger partial charge < -0.3 is 44.8 Å². The Balaban J connectivity index is 1.41. The molecule has 2 heterocycles. The summed E-state index contributed by atoms with van der Waals surface area (Å²) in [5, 5.41) is 62.2. The average molecular weight is 525 g/mol. The number of rotatable bonds is 4. The molecule has 6 rings (SSSR count). The summed E-state index contributed by atoms with van der Waals surface area (Å²) >= 11 is 0. The van der Waals surface area contributed by atoms with Crippen LogP contribution in [0, 0.1) is 34.5 Å². The Hall–Kier alpha value is -1.93. The van der Waals surface area contributed by atoms with Crippen molar-refractivity contribution in [2.75, 3.05) is 6.61 Å². The maximum absolute atomic E-state index is 13.4. The first-order valence-electron chi connectivity index (χ1n) is 12.6. The van der Waals surface area contributed by atoms with Crippen LogP contribution in [-0.4, -0.2) is 103 Å². The average Bonchev–Trinajstić information content (AvgIpc) is 3.33. The zero-order valence-corrected chi connectivity index (χ0v) is 20.2. The van der Waals surface area contributed by atoms with Gasteiger partial charge in [-0.3, -0.25) is 14.4 Å². The van der Waals surface area contributed by atoms with Crippen LogP contribution in [0.2, 0.25) is 0 Å². The highest BCUT2D eigenvalue weighted by Crippen LogP contribution is 2.77. The van der Waals surface area contributed by atoms with Crippen LogP contribution in [-0.2, 0) is 28.6 Å². The van der Waals surface area contributed by atoms with Gasteiger partial charge in [-0.2, -0.15) is 0 Å². The highest BCUT2D eigenvalue weighted by Gasteiger charge is 2.85. The zero-order chi connectivity index (χ0) is 26.8. The van der Waals surface area contributed by atoms with Crippen molar-refractivity contribution in [1.29, 1.82) is 0 Å². The number of aliphatic hydroxyl groups excluding tert-OH is 5. The minimum absolute atomic E-state index is 0.0101. The Labute approximate surface area is 211 Å². The normalized spacial score (nSPS) is 56.2. The highest BCUT2D eigenvalue weighted by molar-refractivity contribution is 5.90. The van der Waals surface area contributed by atoms with Gasteiger partial charge in [-0.05, 0) is 25.2 Å². The molecule has 12 nitrogen and oxygen atoms in total. The Kier molecular flexibility index (Phi) is 5.35. The number of ketones is 1. The number of hydrogen-bond donors (Lipinski definition) is 6. The summed E-state index contributed by atoms with van der Waals surface area (Å²) in [4.78, 5) is 39.2. The number of ether oxygens (including phenoxy) is 3. The quantitative estimate of drug-likeness (QED) is 0.177. The van der Waals surface area contributed by atoms with Crippen LogP contribution in [0.25, 0.3) is 0 Å². The van der Waals surface area contributed by atoms with Crippen LogP contribution in [0.1, 0.15) is 32.6 Å². The number of aliphatic carboxylic acids is 1. The first kappa shape index (κ1) is 25.4. The summed E-state index contributed by atoms with van der Waals surface area (Å²) in [6.45, 7) is 4.81. The van der Waals surface area contributed by atoms with Crippen molar-refractivity contribution in [3.05, 3.63) is 12.2 Å². The summed E-state index contributed by atoms with van der Waals surface area (Å²) in [5.41, 5.74) is -3.31. The number of carboxylic acids is 1. The molecule has 2 aliphatic heterocycles. The summed E-state index contributed by atoms with van der Waals surface area (Å²) < 4.78 is 17.4. The first-order chi connectivity index (χ1) is 17.3. The van der Waals surface area contributed by atoms with Crippen LogP contribution in [0.4, 0.5) is 0 Å². The van der Waals surface area contributed by atoms with Gasteiger partial charge in [0.2, 0.25) is 0 Å². The predicted molar refractivity (Wildman–Crippen MR) is 118 cm³/mol. The van der Waals surface area contributed by atoms with Crippen molar-refractivity contribution in [1.82, 2.24) is 0 Å². The summed E-state index contributed by atoms with van der Waals surface area (Å²) in [7, 11) is 0. The molecule has 6 N–H and O–H groups in total. The van der Waals surface area contributed by atoms with Gasteiger partial charge in [-0.25, -0.2) is 0 Å². The van der Waals surface area contributed by atoms with E-state index >= 15 is 0 Å². The van der Waals surface area contributed by atoms with Crippen LogP contribution in [0.3, 0.4) is 0 Å². The van der Waals surface area contributed by atoms with E-state index in [4.69, 9.17) is 14.2 Å². The van der Waals surface area contributed by atoms with Crippen molar-refractivity contribution in [3.8, 4) is 0 Å². The molecule has 14 atom stereocenters. The van der Waals surface area contributed by atoms with Crippen LogP contribution in [0.5, 0.6) is 0 Å². The predicted octanol–water partition coefficient (Wildman–Crippen LogP) is -1.89. The van der Waals surface area contributed by atoms with Crippen molar-refractivity contribution >= 4 is 17.7 Å². The molecular formula is C25H32O12. The van der Waals surface area contributed by atoms with Crippen LogP contribution in [0.15, 0.2) is 12.2 Å². The van der Waals surface area contributed by atoms with E-state index < -0.39 is 102 Å². The number of carbonyl (C=O) groups excluding carboxylic acids is 2. The number of allylic oxidation sites excluding steroid dienone is 1. The molecule has 0 unspecified atom stereocenters. The maximum Gasteiger partial charge on any atom is 0.315 e. The van der Waals surface area contributed by atoms with E-state index in [1.807, 2.05) is 0 Å². The molecule has 0 amide bonds. The van der Waals surface area contributed by atoms with Gasteiger partial charge in [-0.1, -0.05) is 12.2 Å².